The van der Waals surface area contributed by atoms with E-state index in [0.717, 1.165) is 16.6 Å². The molecule has 1 N–H and O–H groups in total. The fraction of sp³-hybridized carbons (Fsp3) is 0.333. The molecule has 3 rings (SSSR count). The molecule has 1 aliphatic heterocycles. The molecule has 0 saturated carbocycles. The van der Waals surface area contributed by atoms with E-state index in [4.69, 9.17) is 4.42 Å². The van der Waals surface area contributed by atoms with Crippen LogP contribution in [0.2, 0.25) is 0 Å². The van der Waals surface area contributed by atoms with Crippen LogP contribution in [0.25, 0.3) is 10.8 Å². The number of imide groups is 1. The van der Waals surface area contributed by atoms with Gasteiger partial charge in [0.1, 0.15) is 0 Å². The molecule has 9 heteroatoms. The zero-order valence-corrected chi connectivity index (χ0v) is 12.7. The third-order valence-electron chi connectivity index (χ3n) is 2.89. The van der Waals surface area contributed by atoms with Crippen molar-refractivity contribution < 1.29 is 14.0 Å². The van der Waals surface area contributed by atoms with E-state index in [1.54, 1.807) is 6.92 Å². The van der Waals surface area contributed by atoms with Crippen molar-refractivity contribution in [3.63, 3.8) is 0 Å². The van der Waals surface area contributed by atoms with Crippen LogP contribution in [0.15, 0.2) is 27.2 Å². The second-order valence-corrected chi connectivity index (χ2v) is 6.57. The van der Waals surface area contributed by atoms with Gasteiger partial charge < -0.3 is 9.73 Å². The summed E-state index contributed by atoms with van der Waals surface area (Å²) in [5.74, 6) is 0.178. The van der Waals surface area contributed by atoms with Crippen LogP contribution in [0.5, 0.6) is 0 Å². The number of thiophene rings is 1. The van der Waals surface area contributed by atoms with Crippen molar-refractivity contribution in [1.29, 1.82) is 0 Å². The fourth-order valence-corrected chi connectivity index (χ4v) is 3.25. The number of hydrogen-bond donors (Lipinski definition) is 1. The van der Waals surface area contributed by atoms with Crippen molar-refractivity contribution in [2.75, 3.05) is 13.1 Å². The summed E-state index contributed by atoms with van der Waals surface area (Å²) < 4.78 is 5.52. The average molecular weight is 324 g/mol. The molecule has 1 aliphatic rings. The zero-order valence-electron chi connectivity index (χ0n) is 11.1. The van der Waals surface area contributed by atoms with Crippen molar-refractivity contribution in [2.45, 2.75) is 17.4 Å². The lowest BCUT2D eigenvalue weighted by atomic mass is 10.4. The molecule has 1 saturated heterocycles. The molecule has 0 unspecified atom stereocenters. The molecule has 21 heavy (non-hydrogen) atoms. The molecule has 1 fully saturated rings. The monoisotopic (exact) mass is 324 g/mol. The average Bonchev–Trinajstić information content (AvgIpc) is 3.17. The van der Waals surface area contributed by atoms with E-state index >= 15 is 0 Å². The molecule has 1 atom stereocenters. The highest BCUT2D eigenvalue weighted by atomic mass is 32.2. The molecule has 2 aromatic rings. The smallest absolute Gasteiger partial charge is 0.324 e. The second-order valence-electron chi connectivity index (χ2n) is 4.33. The Bertz CT molecular complexity index is 655. The summed E-state index contributed by atoms with van der Waals surface area (Å²) in [5.41, 5.74) is 0. The quantitative estimate of drug-likeness (QED) is 0.863. The van der Waals surface area contributed by atoms with Gasteiger partial charge in [-0.25, -0.2) is 4.79 Å². The summed E-state index contributed by atoms with van der Waals surface area (Å²) in [7, 11) is 0. The third-order valence-corrected chi connectivity index (χ3v) is 4.67. The van der Waals surface area contributed by atoms with Gasteiger partial charge in [-0.3, -0.25) is 9.69 Å². The number of amides is 3. The Balaban J connectivity index is 1.66. The van der Waals surface area contributed by atoms with Gasteiger partial charge in [0.15, 0.2) is 0 Å². The van der Waals surface area contributed by atoms with Gasteiger partial charge in [-0.2, -0.15) is 0 Å². The lowest BCUT2D eigenvalue weighted by Gasteiger charge is -2.15. The van der Waals surface area contributed by atoms with Gasteiger partial charge in [0.25, 0.3) is 11.1 Å². The second kappa shape index (κ2) is 5.86. The van der Waals surface area contributed by atoms with Crippen LogP contribution in [-0.4, -0.2) is 45.4 Å². The lowest BCUT2D eigenvalue weighted by Crippen LogP contribution is -2.38. The molecule has 3 heterocycles. The van der Waals surface area contributed by atoms with Crippen LogP contribution in [-0.2, 0) is 4.79 Å². The van der Waals surface area contributed by atoms with E-state index < -0.39 is 5.25 Å². The van der Waals surface area contributed by atoms with Crippen molar-refractivity contribution in [3.8, 4) is 10.8 Å². The number of thioether (sulfide) groups is 1. The predicted molar refractivity (Wildman–Crippen MR) is 78.0 cm³/mol. The molecule has 2 aromatic heterocycles. The summed E-state index contributed by atoms with van der Waals surface area (Å²) in [6.07, 6.45) is 0. The standard InChI is InChI=1S/C12H12N4O3S2/c1-7(10(17)16-5-4-13-11(16)18)21-12-15-14-9(19-12)8-3-2-6-20-8/h2-3,6-7H,4-5H2,1H3,(H,13,18)/t7-/m1/s1. The topological polar surface area (TPSA) is 88.3 Å². The Kier molecular flexibility index (Phi) is 3.93. The number of carbonyl (C=O) groups is 2. The Morgan fingerprint density at radius 3 is 3.10 bits per heavy atom. The highest BCUT2D eigenvalue weighted by molar-refractivity contribution is 8.00. The van der Waals surface area contributed by atoms with Crippen LogP contribution >= 0.6 is 23.1 Å². The first-order valence-electron chi connectivity index (χ1n) is 6.28. The summed E-state index contributed by atoms with van der Waals surface area (Å²) in [4.78, 5) is 25.7. The molecule has 0 spiro atoms. The third kappa shape index (κ3) is 2.93. The molecule has 0 radical (unpaired) electrons. The minimum atomic E-state index is -0.467. The highest BCUT2D eigenvalue weighted by Crippen LogP contribution is 2.29. The number of aromatic nitrogens is 2. The molecule has 0 aromatic carbocycles. The number of rotatable bonds is 4. The Morgan fingerprint density at radius 1 is 1.57 bits per heavy atom. The van der Waals surface area contributed by atoms with Gasteiger partial charge in [0.05, 0.1) is 10.1 Å². The molecule has 0 bridgehead atoms. The van der Waals surface area contributed by atoms with E-state index in [1.807, 2.05) is 17.5 Å². The van der Waals surface area contributed by atoms with Gasteiger partial charge in [-0.1, -0.05) is 17.8 Å². The van der Waals surface area contributed by atoms with E-state index in [1.165, 1.54) is 16.2 Å². The maximum Gasteiger partial charge on any atom is 0.324 e. The fourth-order valence-electron chi connectivity index (χ4n) is 1.86. The first-order valence-corrected chi connectivity index (χ1v) is 8.04. The van der Waals surface area contributed by atoms with Crippen LogP contribution in [0.4, 0.5) is 4.79 Å². The lowest BCUT2D eigenvalue weighted by molar-refractivity contribution is -0.126. The van der Waals surface area contributed by atoms with E-state index in [0.29, 0.717) is 24.2 Å². The van der Waals surface area contributed by atoms with E-state index in [9.17, 15) is 9.59 Å². The van der Waals surface area contributed by atoms with Crippen molar-refractivity contribution in [2.24, 2.45) is 0 Å². The summed E-state index contributed by atoms with van der Waals surface area (Å²) in [6.45, 7) is 2.60. The van der Waals surface area contributed by atoms with Crippen molar-refractivity contribution in [1.82, 2.24) is 20.4 Å². The SMILES string of the molecule is C[C@@H](Sc1nnc(-c2cccs2)o1)C(=O)N1CCNC1=O. The number of nitrogens with zero attached hydrogens (tertiary/aromatic N) is 3. The van der Waals surface area contributed by atoms with Gasteiger partial charge in [-0.15, -0.1) is 21.5 Å². The predicted octanol–water partition coefficient (Wildman–Crippen LogP) is 1.83. The summed E-state index contributed by atoms with van der Waals surface area (Å²) in [6, 6.07) is 3.43. The first-order chi connectivity index (χ1) is 10.1. The Labute approximate surface area is 128 Å². The minimum Gasteiger partial charge on any atom is -0.410 e. The molecule has 3 amide bonds. The Morgan fingerprint density at radius 2 is 2.43 bits per heavy atom. The van der Waals surface area contributed by atoms with Crippen LogP contribution in [0, 0.1) is 0 Å². The van der Waals surface area contributed by atoms with Crippen molar-refractivity contribution in [3.05, 3.63) is 17.5 Å². The van der Waals surface area contributed by atoms with Crippen molar-refractivity contribution >= 4 is 35.0 Å². The zero-order chi connectivity index (χ0) is 14.8. The van der Waals surface area contributed by atoms with Gasteiger partial charge in [-0.05, 0) is 18.4 Å². The molecule has 0 aliphatic carbocycles. The van der Waals surface area contributed by atoms with Crippen LogP contribution < -0.4 is 5.32 Å². The number of hydrogen-bond acceptors (Lipinski definition) is 7. The maximum absolute atomic E-state index is 12.2. The summed E-state index contributed by atoms with van der Waals surface area (Å²) in [5, 5.41) is 12.2. The van der Waals surface area contributed by atoms with E-state index in [2.05, 4.69) is 15.5 Å². The molecular weight excluding hydrogens is 312 g/mol. The maximum atomic E-state index is 12.2. The van der Waals surface area contributed by atoms with Gasteiger partial charge in [0, 0.05) is 13.1 Å². The summed E-state index contributed by atoms with van der Waals surface area (Å²) >= 11 is 2.65. The normalized spacial score (nSPS) is 16.0. The van der Waals surface area contributed by atoms with E-state index in [-0.39, 0.29) is 11.9 Å². The molecule has 110 valence electrons. The van der Waals surface area contributed by atoms with Gasteiger partial charge >= 0.3 is 6.03 Å². The highest BCUT2D eigenvalue weighted by Gasteiger charge is 2.31. The number of nitrogens with one attached hydrogen (secondary N) is 1. The first kappa shape index (κ1) is 14.1. The number of carbonyl (C=O) groups excluding carboxylic acids is 2. The molecular formula is C12H12N4O3S2. The van der Waals surface area contributed by atoms with Crippen LogP contribution in [0.1, 0.15) is 6.92 Å². The molecule has 7 nitrogen and oxygen atoms in total. The van der Waals surface area contributed by atoms with Crippen LogP contribution in [0.3, 0.4) is 0 Å². The number of urea groups is 1. The minimum absolute atomic E-state index is 0.258. The van der Waals surface area contributed by atoms with Gasteiger partial charge in [0.2, 0.25) is 5.91 Å². The Hall–Kier alpha value is -1.87. The largest absolute Gasteiger partial charge is 0.410 e.